The van der Waals surface area contributed by atoms with Crippen LogP contribution in [0, 0.1) is 6.92 Å². The third-order valence-corrected chi connectivity index (χ3v) is 3.71. The summed E-state index contributed by atoms with van der Waals surface area (Å²) in [5.41, 5.74) is 9.41. The molecular weight excluding hydrogens is 210 g/mol. The molecule has 0 saturated carbocycles. The number of likely N-dealkylation sites (tertiary alicyclic amines) is 1. The van der Waals surface area contributed by atoms with Crippen LogP contribution >= 0.6 is 0 Å². The molecule has 1 aliphatic rings. The van der Waals surface area contributed by atoms with Crippen molar-refractivity contribution in [3.05, 3.63) is 29.3 Å². The molecular formula is C14H23N3. The van der Waals surface area contributed by atoms with Crippen molar-refractivity contribution in [1.29, 1.82) is 0 Å². The molecule has 0 atom stereocenters. The molecule has 3 heteroatoms. The van der Waals surface area contributed by atoms with Crippen LogP contribution in [0.25, 0.3) is 0 Å². The first kappa shape index (κ1) is 12.4. The van der Waals surface area contributed by atoms with Crippen molar-refractivity contribution in [2.75, 3.05) is 25.9 Å². The molecule has 0 bridgehead atoms. The number of anilines is 1. The molecule has 1 aromatic rings. The molecule has 0 unspecified atom stereocenters. The van der Waals surface area contributed by atoms with E-state index in [9.17, 15) is 0 Å². The third-order valence-electron chi connectivity index (χ3n) is 3.71. The van der Waals surface area contributed by atoms with Crippen molar-refractivity contribution in [2.45, 2.75) is 32.4 Å². The van der Waals surface area contributed by atoms with Gasteiger partial charge in [-0.25, -0.2) is 0 Å². The summed E-state index contributed by atoms with van der Waals surface area (Å²) in [6, 6.07) is 6.90. The number of nitrogen functional groups attached to an aromatic ring is 1. The second-order valence-corrected chi connectivity index (χ2v) is 5.11. The highest BCUT2D eigenvalue weighted by Gasteiger charge is 2.16. The van der Waals surface area contributed by atoms with Gasteiger partial charge in [0.15, 0.2) is 0 Å². The highest BCUT2D eigenvalue weighted by atomic mass is 15.1. The van der Waals surface area contributed by atoms with Crippen LogP contribution < -0.4 is 11.1 Å². The number of benzene rings is 1. The quantitative estimate of drug-likeness (QED) is 0.782. The Morgan fingerprint density at radius 2 is 2.06 bits per heavy atom. The van der Waals surface area contributed by atoms with Gasteiger partial charge in [-0.15, -0.1) is 0 Å². The SMILES string of the molecule is Cc1cccc(CNC2CCN(C)CC2)c1N. The molecule has 0 aromatic heterocycles. The van der Waals surface area contributed by atoms with Crippen molar-refractivity contribution in [3.8, 4) is 0 Å². The maximum Gasteiger partial charge on any atom is 0.0389 e. The van der Waals surface area contributed by atoms with E-state index in [0.29, 0.717) is 6.04 Å². The van der Waals surface area contributed by atoms with Gasteiger partial charge in [0.25, 0.3) is 0 Å². The molecule has 94 valence electrons. The molecule has 1 fully saturated rings. The molecule has 1 aliphatic heterocycles. The molecule has 0 aliphatic carbocycles. The van der Waals surface area contributed by atoms with Crippen LogP contribution in [0.15, 0.2) is 18.2 Å². The number of nitrogens with zero attached hydrogens (tertiary/aromatic N) is 1. The van der Waals surface area contributed by atoms with Crippen molar-refractivity contribution in [2.24, 2.45) is 0 Å². The number of aryl methyl sites for hydroxylation is 1. The molecule has 3 nitrogen and oxygen atoms in total. The summed E-state index contributed by atoms with van der Waals surface area (Å²) in [6.07, 6.45) is 2.48. The lowest BCUT2D eigenvalue weighted by molar-refractivity contribution is 0.234. The number of hydrogen-bond donors (Lipinski definition) is 2. The van der Waals surface area contributed by atoms with E-state index in [1.807, 2.05) is 0 Å². The standard InChI is InChI=1S/C14H23N3/c1-11-4-3-5-12(14(11)15)10-16-13-6-8-17(2)9-7-13/h3-5,13,16H,6-10,15H2,1-2H3. The fourth-order valence-electron chi connectivity index (χ4n) is 2.36. The van der Waals surface area contributed by atoms with Gasteiger partial charge in [0.05, 0.1) is 0 Å². The Kier molecular flexibility index (Phi) is 4.02. The molecule has 17 heavy (non-hydrogen) atoms. The zero-order valence-corrected chi connectivity index (χ0v) is 10.9. The largest absolute Gasteiger partial charge is 0.398 e. The predicted octanol–water partition coefficient (Wildman–Crippen LogP) is 1.76. The smallest absolute Gasteiger partial charge is 0.0389 e. The first-order valence-corrected chi connectivity index (χ1v) is 6.42. The summed E-state index contributed by atoms with van der Waals surface area (Å²) < 4.78 is 0. The lowest BCUT2D eigenvalue weighted by Gasteiger charge is -2.29. The Morgan fingerprint density at radius 1 is 1.35 bits per heavy atom. The first-order chi connectivity index (χ1) is 8.16. The summed E-state index contributed by atoms with van der Waals surface area (Å²) >= 11 is 0. The summed E-state index contributed by atoms with van der Waals surface area (Å²) in [5, 5.41) is 3.62. The van der Waals surface area contributed by atoms with Crippen LogP contribution in [0.1, 0.15) is 24.0 Å². The van der Waals surface area contributed by atoms with E-state index in [0.717, 1.165) is 12.2 Å². The average molecular weight is 233 g/mol. The van der Waals surface area contributed by atoms with E-state index < -0.39 is 0 Å². The molecule has 1 heterocycles. The Morgan fingerprint density at radius 3 is 2.76 bits per heavy atom. The van der Waals surface area contributed by atoms with Crippen LogP contribution in [0.5, 0.6) is 0 Å². The van der Waals surface area contributed by atoms with Gasteiger partial charge >= 0.3 is 0 Å². The number of rotatable bonds is 3. The van der Waals surface area contributed by atoms with Gasteiger partial charge in [0.2, 0.25) is 0 Å². The molecule has 3 N–H and O–H groups in total. The number of para-hydroxylation sites is 1. The summed E-state index contributed by atoms with van der Waals surface area (Å²) in [6.45, 7) is 5.35. The normalized spacial score (nSPS) is 18.5. The monoisotopic (exact) mass is 233 g/mol. The second-order valence-electron chi connectivity index (χ2n) is 5.11. The zero-order valence-electron chi connectivity index (χ0n) is 10.9. The minimum atomic E-state index is 0.645. The van der Waals surface area contributed by atoms with E-state index in [4.69, 9.17) is 5.73 Å². The van der Waals surface area contributed by atoms with Crippen LogP contribution in [-0.2, 0) is 6.54 Å². The van der Waals surface area contributed by atoms with Gasteiger partial charge < -0.3 is 16.0 Å². The number of hydrogen-bond acceptors (Lipinski definition) is 3. The molecule has 0 spiro atoms. The van der Waals surface area contributed by atoms with E-state index in [2.05, 4.69) is 42.4 Å². The van der Waals surface area contributed by atoms with Crippen molar-refractivity contribution >= 4 is 5.69 Å². The molecule has 1 aromatic carbocycles. The maximum absolute atomic E-state index is 6.07. The first-order valence-electron chi connectivity index (χ1n) is 6.42. The van der Waals surface area contributed by atoms with Crippen LogP contribution in [-0.4, -0.2) is 31.1 Å². The molecule has 0 amide bonds. The number of nitrogens with one attached hydrogen (secondary N) is 1. The van der Waals surface area contributed by atoms with E-state index in [1.54, 1.807) is 0 Å². The summed E-state index contributed by atoms with van der Waals surface area (Å²) in [4.78, 5) is 2.39. The molecule has 0 radical (unpaired) electrons. The highest BCUT2D eigenvalue weighted by Crippen LogP contribution is 2.17. The number of piperidine rings is 1. The number of nitrogens with two attached hydrogens (primary N) is 1. The van der Waals surface area contributed by atoms with Gasteiger partial charge in [-0.3, -0.25) is 0 Å². The zero-order chi connectivity index (χ0) is 12.3. The Labute approximate surface area is 104 Å². The van der Waals surface area contributed by atoms with Crippen molar-refractivity contribution < 1.29 is 0 Å². The highest BCUT2D eigenvalue weighted by molar-refractivity contribution is 5.52. The summed E-state index contributed by atoms with van der Waals surface area (Å²) in [7, 11) is 2.19. The topological polar surface area (TPSA) is 41.3 Å². The van der Waals surface area contributed by atoms with Crippen LogP contribution in [0.2, 0.25) is 0 Å². The average Bonchev–Trinajstić information content (AvgIpc) is 2.33. The second kappa shape index (κ2) is 5.52. The third kappa shape index (κ3) is 3.20. The minimum Gasteiger partial charge on any atom is -0.398 e. The van der Waals surface area contributed by atoms with Gasteiger partial charge in [-0.2, -0.15) is 0 Å². The molecule has 1 saturated heterocycles. The molecule has 2 rings (SSSR count). The van der Waals surface area contributed by atoms with E-state index in [-0.39, 0.29) is 0 Å². The predicted molar refractivity (Wildman–Crippen MR) is 73.0 cm³/mol. The van der Waals surface area contributed by atoms with E-state index in [1.165, 1.54) is 37.1 Å². The minimum absolute atomic E-state index is 0.645. The van der Waals surface area contributed by atoms with E-state index >= 15 is 0 Å². The fourth-order valence-corrected chi connectivity index (χ4v) is 2.36. The Balaban J connectivity index is 1.87. The lowest BCUT2D eigenvalue weighted by atomic mass is 10.0. The van der Waals surface area contributed by atoms with Gasteiger partial charge in [-0.1, -0.05) is 18.2 Å². The lowest BCUT2D eigenvalue weighted by Crippen LogP contribution is -2.40. The Hall–Kier alpha value is -1.06. The van der Waals surface area contributed by atoms with Crippen molar-refractivity contribution in [3.63, 3.8) is 0 Å². The van der Waals surface area contributed by atoms with Gasteiger partial charge in [0, 0.05) is 18.3 Å². The maximum atomic E-state index is 6.07. The van der Waals surface area contributed by atoms with Crippen molar-refractivity contribution in [1.82, 2.24) is 10.2 Å². The van der Waals surface area contributed by atoms with Gasteiger partial charge in [-0.05, 0) is 51.0 Å². The van der Waals surface area contributed by atoms with Crippen LogP contribution in [0.4, 0.5) is 5.69 Å². The van der Waals surface area contributed by atoms with Crippen LogP contribution in [0.3, 0.4) is 0 Å². The summed E-state index contributed by atoms with van der Waals surface area (Å²) in [5.74, 6) is 0. The fraction of sp³-hybridized carbons (Fsp3) is 0.571. The Bertz CT molecular complexity index is 368. The van der Waals surface area contributed by atoms with Gasteiger partial charge in [0.1, 0.15) is 0 Å².